The number of aldehydes is 1. The minimum atomic E-state index is -0.816. The second-order valence-corrected chi connectivity index (χ2v) is 4.45. The van der Waals surface area contributed by atoms with Crippen LogP contribution in [0.1, 0.15) is 40.7 Å². The van der Waals surface area contributed by atoms with Crippen LogP contribution < -0.4 is 0 Å². The van der Waals surface area contributed by atoms with Gasteiger partial charge < -0.3 is 5.11 Å². The second kappa shape index (κ2) is 3.74. The summed E-state index contributed by atoms with van der Waals surface area (Å²) in [6.07, 6.45) is 2.93. The Balaban J connectivity index is 2.54. The lowest BCUT2D eigenvalue weighted by Crippen LogP contribution is -2.43. The van der Waals surface area contributed by atoms with E-state index >= 15 is 0 Å². The van der Waals surface area contributed by atoms with Crippen molar-refractivity contribution in [1.29, 1.82) is 0 Å². The predicted molar refractivity (Wildman–Crippen MR) is 59.7 cm³/mol. The molecule has 0 spiro atoms. The molecule has 3 heteroatoms. The van der Waals surface area contributed by atoms with Gasteiger partial charge >= 0.3 is 5.97 Å². The van der Waals surface area contributed by atoms with Gasteiger partial charge in [-0.1, -0.05) is 24.1 Å². The van der Waals surface area contributed by atoms with Crippen molar-refractivity contribution in [3.05, 3.63) is 34.9 Å². The maximum absolute atomic E-state index is 11.3. The number of aliphatic carboxylic acids is 1. The number of rotatable bonds is 3. The highest BCUT2D eigenvalue weighted by atomic mass is 16.4. The molecule has 0 unspecified atom stereocenters. The Morgan fingerprint density at radius 1 is 1.44 bits per heavy atom. The molecule has 1 fully saturated rings. The van der Waals surface area contributed by atoms with Crippen molar-refractivity contribution in [2.75, 3.05) is 0 Å². The number of hydrogen-bond acceptors (Lipinski definition) is 2. The van der Waals surface area contributed by atoms with Gasteiger partial charge in [-0.05, 0) is 31.4 Å². The zero-order chi connectivity index (χ0) is 11.8. The number of carbonyl (C=O) groups is 2. The number of aryl methyl sites for hydroxylation is 1. The fourth-order valence-electron chi connectivity index (χ4n) is 2.34. The number of carboxylic acids is 1. The third kappa shape index (κ3) is 1.43. The first kappa shape index (κ1) is 10.9. The van der Waals surface area contributed by atoms with Crippen LogP contribution in [-0.2, 0) is 10.2 Å². The maximum atomic E-state index is 11.3. The van der Waals surface area contributed by atoms with Gasteiger partial charge in [0.25, 0.3) is 0 Å². The Hall–Kier alpha value is -1.64. The molecule has 1 saturated carbocycles. The molecule has 3 nitrogen and oxygen atoms in total. The van der Waals surface area contributed by atoms with E-state index < -0.39 is 11.4 Å². The first-order valence-corrected chi connectivity index (χ1v) is 5.40. The lowest BCUT2D eigenvalue weighted by atomic mass is 9.63. The van der Waals surface area contributed by atoms with Crippen molar-refractivity contribution in [1.82, 2.24) is 0 Å². The van der Waals surface area contributed by atoms with Gasteiger partial charge in [0.1, 0.15) is 6.29 Å². The Bertz CT molecular complexity index is 444. The van der Waals surface area contributed by atoms with Crippen LogP contribution in [-0.4, -0.2) is 17.4 Å². The summed E-state index contributed by atoms with van der Waals surface area (Å²) >= 11 is 0. The number of carbonyl (C=O) groups excluding carboxylic acids is 1. The van der Waals surface area contributed by atoms with Gasteiger partial charge in [-0.2, -0.15) is 0 Å². The molecule has 0 aliphatic heterocycles. The Kier molecular flexibility index (Phi) is 2.54. The van der Waals surface area contributed by atoms with E-state index in [1.165, 1.54) is 0 Å². The van der Waals surface area contributed by atoms with E-state index in [0.717, 1.165) is 18.3 Å². The maximum Gasteiger partial charge on any atom is 0.314 e. The minimum Gasteiger partial charge on any atom is -0.481 e. The third-order valence-corrected chi connectivity index (χ3v) is 3.47. The number of benzene rings is 1. The van der Waals surface area contributed by atoms with Crippen molar-refractivity contribution in [2.24, 2.45) is 0 Å². The summed E-state index contributed by atoms with van der Waals surface area (Å²) < 4.78 is 0. The van der Waals surface area contributed by atoms with Gasteiger partial charge in [0.15, 0.2) is 0 Å². The van der Waals surface area contributed by atoms with E-state index in [1.54, 1.807) is 12.1 Å². The summed E-state index contributed by atoms with van der Waals surface area (Å²) in [5.41, 5.74) is 1.35. The molecule has 0 atom stereocenters. The summed E-state index contributed by atoms with van der Waals surface area (Å²) in [6.45, 7) is 1.89. The monoisotopic (exact) mass is 218 g/mol. The molecule has 1 aromatic carbocycles. The average Bonchev–Trinajstić information content (AvgIpc) is 2.17. The van der Waals surface area contributed by atoms with Crippen LogP contribution in [0.15, 0.2) is 18.2 Å². The number of carboxylic acid groups (broad SMARTS) is 1. The van der Waals surface area contributed by atoms with Crippen LogP contribution >= 0.6 is 0 Å². The van der Waals surface area contributed by atoms with Crippen molar-refractivity contribution in [2.45, 2.75) is 31.6 Å². The first-order valence-electron chi connectivity index (χ1n) is 5.40. The molecule has 1 aliphatic carbocycles. The zero-order valence-corrected chi connectivity index (χ0v) is 9.19. The van der Waals surface area contributed by atoms with E-state index in [2.05, 4.69) is 0 Å². The highest BCUT2D eigenvalue weighted by Gasteiger charge is 2.47. The Morgan fingerprint density at radius 2 is 2.12 bits per heavy atom. The minimum absolute atomic E-state index is 0.516. The fourth-order valence-corrected chi connectivity index (χ4v) is 2.34. The SMILES string of the molecule is Cc1ccc(C2(C(=O)O)CCC2)c(C=O)c1. The topological polar surface area (TPSA) is 54.4 Å². The van der Waals surface area contributed by atoms with E-state index in [4.69, 9.17) is 0 Å². The highest BCUT2D eigenvalue weighted by Crippen LogP contribution is 2.45. The summed E-state index contributed by atoms with van der Waals surface area (Å²) in [7, 11) is 0. The van der Waals surface area contributed by atoms with E-state index in [0.29, 0.717) is 24.0 Å². The smallest absolute Gasteiger partial charge is 0.314 e. The van der Waals surface area contributed by atoms with E-state index in [1.807, 2.05) is 13.0 Å². The molecule has 0 radical (unpaired) electrons. The van der Waals surface area contributed by atoms with Gasteiger partial charge in [-0.25, -0.2) is 0 Å². The van der Waals surface area contributed by atoms with Crippen LogP contribution in [0.25, 0.3) is 0 Å². The molecule has 1 aliphatic rings. The molecule has 0 amide bonds. The van der Waals surface area contributed by atoms with Crippen molar-refractivity contribution in [3.8, 4) is 0 Å². The van der Waals surface area contributed by atoms with E-state index in [-0.39, 0.29) is 0 Å². The molecule has 84 valence electrons. The van der Waals surface area contributed by atoms with E-state index in [9.17, 15) is 14.7 Å². The molecular formula is C13H14O3. The highest BCUT2D eigenvalue weighted by molar-refractivity contribution is 5.88. The lowest BCUT2D eigenvalue weighted by Gasteiger charge is -2.38. The molecule has 0 bridgehead atoms. The summed E-state index contributed by atoms with van der Waals surface area (Å²) in [4.78, 5) is 22.3. The van der Waals surface area contributed by atoms with Crippen LogP contribution in [0.5, 0.6) is 0 Å². The van der Waals surface area contributed by atoms with Crippen molar-refractivity contribution in [3.63, 3.8) is 0 Å². The summed E-state index contributed by atoms with van der Waals surface area (Å²) in [6, 6.07) is 5.41. The average molecular weight is 218 g/mol. The van der Waals surface area contributed by atoms with Crippen LogP contribution in [0, 0.1) is 6.92 Å². The van der Waals surface area contributed by atoms with Crippen molar-refractivity contribution >= 4 is 12.3 Å². The molecule has 0 aromatic heterocycles. The fraction of sp³-hybridized carbons (Fsp3) is 0.385. The van der Waals surface area contributed by atoms with Gasteiger partial charge in [-0.3, -0.25) is 9.59 Å². The molecule has 1 N–H and O–H groups in total. The van der Waals surface area contributed by atoms with Gasteiger partial charge in [0.05, 0.1) is 5.41 Å². The Morgan fingerprint density at radius 3 is 2.56 bits per heavy atom. The molecule has 0 heterocycles. The quantitative estimate of drug-likeness (QED) is 0.792. The third-order valence-electron chi connectivity index (χ3n) is 3.47. The summed E-state index contributed by atoms with van der Waals surface area (Å²) in [5, 5.41) is 9.31. The van der Waals surface area contributed by atoms with Crippen LogP contribution in [0.2, 0.25) is 0 Å². The summed E-state index contributed by atoms with van der Waals surface area (Å²) in [5.74, 6) is -0.814. The molecule has 1 aromatic rings. The zero-order valence-electron chi connectivity index (χ0n) is 9.19. The van der Waals surface area contributed by atoms with Gasteiger partial charge in [-0.15, -0.1) is 0 Å². The first-order chi connectivity index (χ1) is 7.60. The Labute approximate surface area is 94.1 Å². The lowest BCUT2D eigenvalue weighted by molar-refractivity contribution is -0.147. The largest absolute Gasteiger partial charge is 0.481 e. The second-order valence-electron chi connectivity index (χ2n) is 4.45. The van der Waals surface area contributed by atoms with Gasteiger partial charge in [0.2, 0.25) is 0 Å². The molecular weight excluding hydrogens is 204 g/mol. The van der Waals surface area contributed by atoms with Crippen molar-refractivity contribution < 1.29 is 14.7 Å². The molecule has 0 saturated heterocycles. The molecule has 2 rings (SSSR count). The van der Waals surface area contributed by atoms with Crippen LogP contribution in [0.3, 0.4) is 0 Å². The predicted octanol–water partition coefficient (Wildman–Crippen LogP) is 2.31. The number of hydrogen-bond donors (Lipinski definition) is 1. The van der Waals surface area contributed by atoms with Crippen LogP contribution in [0.4, 0.5) is 0 Å². The standard InChI is InChI=1S/C13H14O3/c1-9-3-4-11(10(7-9)8-14)13(12(15)16)5-2-6-13/h3-4,7-8H,2,5-6H2,1H3,(H,15,16). The normalized spacial score (nSPS) is 17.6. The molecule has 16 heavy (non-hydrogen) atoms. The van der Waals surface area contributed by atoms with Gasteiger partial charge in [0, 0.05) is 5.56 Å².